The molecule has 0 spiro atoms. The van der Waals surface area contributed by atoms with E-state index in [0.717, 1.165) is 6.07 Å². The van der Waals surface area contributed by atoms with Crippen molar-refractivity contribution in [2.45, 2.75) is 4.90 Å². The molecule has 0 saturated carbocycles. The van der Waals surface area contributed by atoms with E-state index in [-0.39, 0.29) is 0 Å². The predicted octanol–water partition coefficient (Wildman–Crippen LogP) is 1.70. The average molecular weight is 251 g/mol. The molecule has 0 aliphatic rings. The summed E-state index contributed by atoms with van der Waals surface area (Å²) in [6, 6.07) is 7.39. The molecule has 0 aliphatic carbocycles. The number of hydrogen-bond acceptors (Lipinski definition) is 4. The van der Waals surface area contributed by atoms with Crippen LogP contribution in [-0.4, -0.2) is 23.1 Å². The third-order valence-electron chi connectivity index (χ3n) is 2.27. The minimum atomic E-state index is -4.43. The van der Waals surface area contributed by atoms with Gasteiger partial charge in [-0.1, -0.05) is 12.1 Å². The fraction of sp³-hybridized carbons (Fsp3) is 0. The Balaban J connectivity index is 2.67. The van der Waals surface area contributed by atoms with Crippen LogP contribution in [0.5, 0.6) is 5.75 Å². The molecule has 0 aliphatic heterocycles. The summed E-state index contributed by atoms with van der Waals surface area (Å²) in [6.07, 6.45) is 3.05. The predicted molar refractivity (Wildman–Crippen MR) is 61.2 cm³/mol. The number of hydrogen-bond donors (Lipinski definition) is 2. The molecule has 0 bridgehead atoms. The van der Waals surface area contributed by atoms with Crippen molar-refractivity contribution >= 4 is 10.1 Å². The van der Waals surface area contributed by atoms with Crippen LogP contribution in [0.2, 0.25) is 0 Å². The Morgan fingerprint density at radius 2 is 1.71 bits per heavy atom. The Bertz CT molecular complexity index is 638. The maximum absolute atomic E-state index is 11.0. The summed E-state index contributed by atoms with van der Waals surface area (Å²) in [6.45, 7) is 0. The molecule has 0 saturated heterocycles. The van der Waals surface area contributed by atoms with Crippen molar-refractivity contribution in [3.8, 4) is 16.9 Å². The Hall–Kier alpha value is -1.92. The maximum atomic E-state index is 11.0. The van der Waals surface area contributed by atoms with Crippen LogP contribution in [0.3, 0.4) is 0 Å². The molecule has 0 radical (unpaired) electrons. The normalized spacial score (nSPS) is 11.4. The van der Waals surface area contributed by atoms with Crippen molar-refractivity contribution in [1.29, 1.82) is 0 Å². The van der Waals surface area contributed by atoms with Crippen LogP contribution in [0.1, 0.15) is 0 Å². The van der Waals surface area contributed by atoms with E-state index in [1.165, 1.54) is 18.5 Å². The van der Waals surface area contributed by atoms with Gasteiger partial charge in [-0.05, 0) is 23.8 Å². The molecule has 2 rings (SSSR count). The average Bonchev–Trinajstić information content (AvgIpc) is 2.29. The van der Waals surface area contributed by atoms with Gasteiger partial charge in [0.2, 0.25) is 0 Å². The summed E-state index contributed by atoms with van der Waals surface area (Å²) in [5.74, 6) is -0.471. The molecule has 0 amide bonds. The molecule has 5 nitrogen and oxygen atoms in total. The van der Waals surface area contributed by atoms with Gasteiger partial charge in [-0.25, -0.2) is 0 Å². The van der Waals surface area contributed by atoms with Crippen LogP contribution in [0.15, 0.2) is 47.6 Å². The molecule has 0 unspecified atom stereocenters. The number of pyridine rings is 1. The molecule has 88 valence electrons. The lowest BCUT2D eigenvalue weighted by atomic mass is 10.1. The fourth-order valence-corrected chi connectivity index (χ4v) is 2.10. The minimum Gasteiger partial charge on any atom is -0.506 e. The van der Waals surface area contributed by atoms with Crippen molar-refractivity contribution < 1.29 is 18.1 Å². The molecule has 0 atom stereocenters. The molecule has 17 heavy (non-hydrogen) atoms. The van der Waals surface area contributed by atoms with Gasteiger partial charge in [0.15, 0.2) is 0 Å². The number of benzene rings is 1. The summed E-state index contributed by atoms with van der Waals surface area (Å²) >= 11 is 0. The highest BCUT2D eigenvalue weighted by molar-refractivity contribution is 7.86. The lowest BCUT2D eigenvalue weighted by Gasteiger charge is -2.07. The van der Waals surface area contributed by atoms with E-state index in [9.17, 15) is 13.5 Å². The second kappa shape index (κ2) is 4.15. The first-order valence-corrected chi connectivity index (χ1v) is 6.14. The van der Waals surface area contributed by atoms with E-state index in [1.807, 2.05) is 0 Å². The molecular formula is C11H9NO4S. The number of para-hydroxylation sites is 1. The van der Waals surface area contributed by atoms with Gasteiger partial charge in [0.05, 0.1) is 0 Å². The first kappa shape index (κ1) is 11.6. The van der Waals surface area contributed by atoms with Crippen LogP contribution < -0.4 is 0 Å². The van der Waals surface area contributed by atoms with Gasteiger partial charge >= 0.3 is 0 Å². The van der Waals surface area contributed by atoms with Gasteiger partial charge in [0.25, 0.3) is 10.1 Å². The van der Waals surface area contributed by atoms with Gasteiger partial charge in [-0.15, -0.1) is 0 Å². The Morgan fingerprint density at radius 3 is 2.29 bits per heavy atom. The summed E-state index contributed by atoms with van der Waals surface area (Å²) in [5.41, 5.74) is 0.936. The van der Waals surface area contributed by atoms with Crippen LogP contribution in [0.4, 0.5) is 0 Å². The molecule has 6 heteroatoms. The number of aromatic nitrogens is 1. The Kier molecular flexibility index (Phi) is 2.83. The van der Waals surface area contributed by atoms with Gasteiger partial charge < -0.3 is 5.11 Å². The number of nitrogens with zero attached hydrogens (tertiary/aromatic N) is 1. The molecule has 1 aromatic carbocycles. The van der Waals surface area contributed by atoms with Crippen LogP contribution in [0, 0.1) is 0 Å². The maximum Gasteiger partial charge on any atom is 0.298 e. The van der Waals surface area contributed by atoms with E-state index in [0.29, 0.717) is 11.1 Å². The van der Waals surface area contributed by atoms with E-state index in [1.54, 1.807) is 18.2 Å². The summed E-state index contributed by atoms with van der Waals surface area (Å²) in [5, 5.41) is 9.82. The van der Waals surface area contributed by atoms with Crippen molar-refractivity contribution in [1.82, 2.24) is 4.98 Å². The number of phenols is 1. The quantitative estimate of drug-likeness (QED) is 0.793. The SMILES string of the molecule is O=S(=O)(O)c1cccc(-c2ccncc2)c1O. The van der Waals surface area contributed by atoms with Gasteiger partial charge in [-0.3, -0.25) is 9.54 Å². The summed E-state index contributed by atoms with van der Waals surface area (Å²) in [7, 11) is -4.43. The third kappa shape index (κ3) is 2.27. The number of rotatable bonds is 2. The molecule has 0 fully saturated rings. The van der Waals surface area contributed by atoms with Gasteiger partial charge in [0.1, 0.15) is 10.6 Å². The standard InChI is InChI=1S/C11H9NO4S/c13-11-9(8-4-6-12-7-5-8)2-1-3-10(11)17(14,15)16/h1-7,13H,(H,14,15,16). The molecular weight excluding hydrogens is 242 g/mol. The summed E-state index contributed by atoms with van der Waals surface area (Å²) in [4.78, 5) is 3.31. The third-order valence-corrected chi connectivity index (χ3v) is 3.15. The minimum absolute atomic E-state index is 0.322. The monoisotopic (exact) mass is 251 g/mol. The van der Waals surface area contributed by atoms with Gasteiger partial charge in [-0.2, -0.15) is 8.42 Å². The highest BCUT2D eigenvalue weighted by Gasteiger charge is 2.18. The largest absolute Gasteiger partial charge is 0.506 e. The molecule has 2 aromatic rings. The first-order valence-electron chi connectivity index (χ1n) is 4.70. The van der Waals surface area contributed by atoms with Crippen molar-refractivity contribution in [2.24, 2.45) is 0 Å². The summed E-state index contributed by atoms with van der Waals surface area (Å²) < 4.78 is 31.0. The van der Waals surface area contributed by atoms with Crippen LogP contribution in [-0.2, 0) is 10.1 Å². The van der Waals surface area contributed by atoms with Crippen LogP contribution >= 0.6 is 0 Å². The number of aromatic hydroxyl groups is 1. The molecule has 2 N–H and O–H groups in total. The Morgan fingerprint density at radius 1 is 1.06 bits per heavy atom. The van der Waals surface area contributed by atoms with E-state index < -0.39 is 20.8 Å². The van der Waals surface area contributed by atoms with Crippen molar-refractivity contribution in [3.05, 3.63) is 42.7 Å². The van der Waals surface area contributed by atoms with Crippen molar-refractivity contribution in [3.63, 3.8) is 0 Å². The van der Waals surface area contributed by atoms with E-state index >= 15 is 0 Å². The zero-order valence-electron chi connectivity index (χ0n) is 8.61. The zero-order valence-corrected chi connectivity index (χ0v) is 9.42. The number of phenolic OH excluding ortho intramolecular Hbond substituents is 1. The first-order chi connectivity index (χ1) is 8.00. The van der Waals surface area contributed by atoms with E-state index in [4.69, 9.17) is 4.55 Å². The molecule has 1 heterocycles. The fourth-order valence-electron chi connectivity index (χ4n) is 1.49. The Labute approximate surface area is 98.1 Å². The second-order valence-electron chi connectivity index (χ2n) is 3.36. The lowest BCUT2D eigenvalue weighted by Crippen LogP contribution is -1.99. The topological polar surface area (TPSA) is 87.5 Å². The van der Waals surface area contributed by atoms with Crippen molar-refractivity contribution in [2.75, 3.05) is 0 Å². The lowest BCUT2D eigenvalue weighted by molar-refractivity contribution is 0.445. The smallest absolute Gasteiger partial charge is 0.298 e. The highest BCUT2D eigenvalue weighted by atomic mass is 32.2. The zero-order chi connectivity index (χ0) is 12.5. The van der Waals surface area contributed by atoms with E-state index in [2.05, 4.69) is 4.98 Å². The van der Waals surface area contributed by atoms with Gasteiger partial charge in [0, 0.05) is 18.0 Å². The second-order valence-corrected chi connectivity index (χ2v) is 4.75. The highest BCUT2D eigenvalue weighted by Crippen LogP contribution is 2.33. The van der Waals surface area contributed by atoms with Crippen LogP contribution in [0.25, 0.3) is 11.1 Å². The molecule has 1 aromatic heterocycles.